The maximum absolute atomic E-state index is 10.3. The highest BCUT2D eigenvalue weighted by atomic mass is 127. The molecule has 1 N–H and O–H groups in total. The summed E-state index contributed by atoms with van der Waals surface area (Å²) in [6.07, 6.45) is -0.689. The van der Waals surface area contributed by atoms with Crippen LogP contribution in [0.25, 0.3) is 10.9 Å². The van der Waals surface area contributed by atoms with Crippen molar-refractivity contribution in [3.05, 3.63) is 50.4 Å². The molecule has 1 atom stereocenters. The van der Waals surface area contributed by atoms with E-state index in [2.05, 4.69) is 34.9 Å². The van der Waals surface area contributed by atoms with Gasteiger partial charge in [-0.15, -0.1) is 5.73 Å². The Morgan fingerprint density at radius 3 is 2.83 bits per heavy atom. The van der Waals surface area contributed by atoms with E-state index in [0.29, 0.717) is 10.6 Å². The summed E-state index contributed by atoms with van der Waals surface area (Å²) in [4.78, 5) is 0. The molecule has 0 radical (unpaired) electrons. The molecule has 0 fully saturated rings. The third-order valence-electron chi connectivity index (χ3n) is 3.09. The Hall–Kier alpha value is -0.740. The highest BCUT2D eigenvalue weighted by molar-refractivity contribution is 14.1. The number of hydrogen-bond donors (Lipinski definition) is 1. The molecule has 1 aromatic heterocycles. The zero-order chi connectivity index (χ0) is 13.4. The van der Waals surface area contributed by atoms with Gasteiger partial charge in [0, 0.05) is 26.6 Å². The summed E-state index contributed by atoms with van der Waals surface area (Å²) in [5.41, 5.74) is 5.32. The van der Waals surface area contributed by atoms with Crippen LogP contribution in [-0.2, 0) is 7.05 Å². The largest absolute Gasteiger partial charge is 0.382 e. The maximum atomic E-state index is 10.3. The third kappa shape index (κ3) is 2.12. The van der Waals surface area contributed by atoms with Crippen LogP contribution in [0.5, 0.6) is 0 Å². The van der Waals surface area contributed by atoms with E-state index in [1.165, 1.54) is 0 Å². The van der Waals surface area contributed by atoms with Crippen molar-refractivity contribution < 1.29 is 5.11 Å². The fourth-order valence-electron chi connectivity index (χ4n) is 1.99. The van der Waals surface area contributed by atoms with Crippen LogP contribution in [0.2, 0.25) is 5.02 Å². The van der Waals surface area contributed by atoms with E-state index in [-0.39, 0.29) is 0 Å². The average Bonchev–Trinajstić information content (AvgIpc) is 2.60. The molecule has 0 spiro atoms. The Morgan fingerprint density at radius 2 is 2.22 bits per heavy atom. The van der Waals surface area contributed by atoms with E-state index in [1.807, 2.05) is 36.7 Å². The summed E-state index contributed by atoms with van der Waals surface area (Å²) in [5.74, 6) is 0. The number of fused-ring (bicyclic) bond motifs is 1. The van der Waals surface area contributed by atoms with Crippen molar-refractivity contribution in [2.24, 2.45) is 7.05 Å². The smallest absolute Gasteiger partial charge is 0.123 e. The van der Waals surface area contributed by atoms with Gasteiger partial charge in [0.1, 0.15) is 6.10 Å². The van der Waals surface area contributed by atoms with Crippen LogP contribution in [0.3, 0.4) is 0 Å². The summed E-state index contributed by atoms with van der Waals surface area (Å²) in [6.45, 7) is 5.40. The predicted octanol–water partition coefficient (Wildman–Crippen LogP) is 4.20. The van der Waals surface area contributed by atoms with Gasteiger partial charge in [0.25, 0.3) is 0 Å². The molecular formula is C14H13ClINO. The van der Waals surface area contributed by atoms with Crippen LogP contribution in [0.15, 0.2) is 36.1 Å². The van der Waals surface area contributed by atoms with Gasteiger partial charge >= 0.3 is 0 Å². The fraction of sp³-hybridized carbons (Fsp3) is 0.214. The van der Waals surface area contributed by atoms with Gasteiger partial charge in [-0.1, -0.05) is 24.2 Å². The molecule has 2 aromatic rings. The van der Waals surface area contributed by atoms with Gasteiger partial charge in [-0.2, -0.15) is 0 Å². The number of aliphatic hydroxyl groups is 1. The number of rotatable bonds is 2. The van der Waals surface area contributed by atoms with Crippen LogP contribution in [0.1, 0.15) is 18.7 Å². The van der Waals surface area contributed by atoms with Gasteiger partial charge in [-0.25, -0.2) is 0 Å². The highest BCUT2D eigenvalue weighted by Crippen LogP contribution is 2.34. The van der Waals surface area contributed by atoms with Gasteiger partial charge < -0.3 is 9.67 Å². The number of benzene rings is 1. The lowest BCUT2D eigenvalue weighted by molar-refractivity contribution is 0.207. The number of aliphatic hydroxyl groups excluding tert-OH is 1. The minimum Gasteiger partial charge on any atom is -0.382 e. The van der Waals surface area contributed by atoms with E-state index in [9.17, 15) is 5.11 Å². The first-order valence-corrected chi connectivity index (χ1v) is 6.91. The topological polar surface area (TPSA) is 25.2 Å². The Bertz CT molecular complexity index is 668. The molecule has 2 rings (SSSR count). The Morgan fingerprint density at radius 1 is 1.56 bits per heavy atom. The van der Waals surface area contributed by atoms with Gasteiger partial charge in [-0.3, -0.25) is 0 Å². The average molecular weight is 374 g/mol. The van der Waals surface area contributed by atoms with Gasteiger partial charge in [0.05, 0.1) is 11.2 Å². The van der Waals surface area contributed by atoms with Crippen molar-refractivity contribution in [2.45, 2.75) is 13.0 Å². The molecule has 0 saturated heterocycles. The second-order valence-electron chi connectivity index (χ2n) is 4.18. The lowest BCUT2D eigenvalue weighted by Gasteiger charge is -2.12. The van der Waals surface area contributed by atoms with Crippen molar-refractivity contribution in [3.8, 4) is 0 Å². The monoisotopic (exact) mass is 373 g/mol. The summed E-state index contributed by atoms with van der Waals surface area (Å²) < 4.78 is 3.00. The molecule has 0 aliphatic rings. The number of aryl methyl sites for hydroxylation is 1. The summed E-state index contributed by atoms with van der Waals surface area (Å²) in [5, 5.41) is 12.1. The van der Waals surface area contributed by atoms with E-state index >= 15 is 0 Å². The van der Waals surface area contributed by atoms with Gasteiger partial charge in [-0.05, 0) is 41.6 Å². The molecule has 1 unspecified atom stereocenters. The van der Waals surface area contributed by atoms with Crippen LogP contribution < -0.4 is 0 Å². The minimum absolute atomic E-state index is 0.689. The summed E-state index contributed by atoms with van der Waals surface area (Å²) in [7, 11) is 1.93. The molecular weight excluding hydrogens is 361 g/mol. The lowest BCUT2D eigenvalue weighted by atomic mass is 10.1. The van der Waals surface area contributed by atoms with Crippen molar-refractivity contribution in [1.29, 1.82) is 0 Å². The summed E-state index contributed by atoms with van der Waals surface area (Å²) >= 11 is 8.27. The molecule has 94 valence electrons. The van der Waals surface area contributed by atoms with Crippen LogP contribution in [-0.4, -0.2) is 9.67 Å². The Labute approximate surface area is 125 Å². The van der Waals surface area contributed by atoms with Crippen molar-refractivity contribution in [1.82, 2.24) is 4.57 Å². The van der Waals surface area contributed by atoms with Gasteiger partial charge in [0.15, 0.2) is 0 Å². The molecule has 4 heteroatoms. The summed E-state index contributed by atoms with van der Waals surface area (Å²) in [6, 6.07) is 5.74. The number of nitrogens with zero attached hydrogens (tertiary/aromatic N) is 1. The van der Waals surface area contributed by atoms with E-state index in [1.54, 1.807) is 0 Å². The second-order valence-corrected chi connectivity index (χ2v) is 5.70. The number of hydrogen-bond acceptors (Lipinski definition) is 1. The molecule has 0 bridgehead atoms. The van der Waals surface area contributed by atoms with Gasteiger partial charge in [0.2, 0.25) is 0 Å². The molecule has 0 aliphatic heterocycles. The first-order chi connectivity index (χ1) is 8.47. The molecule has 0 saturated carbocycles. The molecule has 18 heavy (non-hydrogen) atoms. The highest BCUT2D eigenvalue weighted by Gasteiger charge is 2.20. The minimum atomic E-state index is -0.689. The zero-order valence-electron chi connectivity index (χ0n) is 10.2. The number of halogens is 2. The van der Waals surface area contributed by atoms with Crippen molar-refractivity contribution in [3.63, 3.8) is 0 Å². The van der Waals surface area contributed by atoms with Crippen LogP contribution in [0, 0.1) is 3.57 Å². The number of aromatic nitrogens is 1. The fourth-order valence-corrected chi connectivity index (χ4v) is 3.27. The quantitative estimate of drug-likeness (QED) is 0.619. The first kappa shape index (κ1) is 13.7. The molecule has 0 amide bonds. The zero-order valence-corrected chi connectivity index (χ0v) is 13.1. The molecule has 2 nitrogen and oxygen atoms in total. The van der Waals surface area contributed by atoms with E-state index < -0.39 is 6.10 Å². The predicted molar refractivity (Wildman–Crippen MR) is 83.9 cm³/mol. The second kappa shape index (κ2) is 5.10. The Balaban J connectivity index is 2.76. The van der Waals surface area contributed by atoms with E-state index in [4.69, 9.17) is 11.6 Å². The van der Waals surface area contributed by atoms with Crippen LogP contribution >= 0.6 is 34.2 Å². The van der Waals surface area contributed by atoms with Crippen molar-refractivity contribution in [2.75, 3.05) is 0 Å². The SMILES string of the molecule is C=C=C(C)C(O)c1c(I)c2ccc(Cl)cc2n1C. The molecule has 1 aromatic carbocycles. The normalized spacial score (nSPS) is 12.5. The Kier molecular flexibility index (Phi) is 3.87. The first-order valence-electron chi connectivity index (χ1n) is 5.45. The van der Waals surface area contributed by atoms with E-state index in [0.717, 1.165) is 20.2 Å². The molecule has 0 aliphatic carbocycles. The third-order valence-corrected chi connectivity index (χ3v) is 4.46. The van der Waals surface area contributed by atoms with Crippen molar-refractivity contribution >= 4 is 45.1 Å². The molecule has 1 heterocycles. The van der Waals surface area contributed by atoms with Crippen LogP contribution in [0.4, 0.5) is 0 Å². The standard InChI is InChI=1S/C14H13ClINO/c1-4-8(2)14(18)13-12(16)10-6-5-9(15)7-11(10)17(13)3/h5-7,14,18H,1H2,2-3H3. The lowest BCUT2D eigenvalue weighted by Crippen LogP contribution is -2.06. The maximum Gasteiger partial charge on any atom is 0.123 e.